The molecule has 6 rings (SSSR count). The van der Waals surface area contributed by atoms with E-state index in [1.165, 1.54) is 0 Å². The third kappa shape index (κ3) is 2.97. The van der Waals surface area contributed by atoms with E-state index in [2.05, 4.69) is 11.4 Å². The number of nitrogens with zero attached hydrogens (tertiary/aromatic N) is 2. The molecule has 8 heteroatoms. The number of nitrogens with one attached hydrogen (secondary N) is 1. The molecule has 0 aromatic rings. The molecule has 4 N–H and O–H groups in total. The van der Waals surface area contributed by atoms with Gasteiger partial charge in [-0.2, -0.15) is 5.26 Å². The maximum absolute atomic E-state index is 13.5. The van der Waals surface area contributed by atoms with Crippen LogP contribution in [0.25, 0.3) is 0 Å². The molecule has 5 saturated carbocycles. The fraction of sp³-hybridized carbons (Fsp3) is 0.864. The van der Waals surface area contributed by atoms with E-state index in [0.29, 0.717) is 24.2 Å². The van der Waals surface area contributed by atoms with E-state index in [1.807, 2.05) is 0 Å². The summed E-state index contributed by atoms with van der Waals surface area (Å²) in [6, 6.07) is 0.733. The van der Waals surface area contributed by atoms with Gasteiger partial charge in [-0.25, -0.2) is 0 Å². The zero-order chi connectivity index (χ0) is 21.3. The number of likely N-dealkylation sites (N-methyl/N-ethyl adjacent to an activating group) is 1. The van der Waals surface area contributed by atoms with Crippen molar-refractivity contribution in [2.24, 2.45) is 28.9 Å². The van der Waals surface area contributed by atoms with Gasteiger partial charge in [0, 0.05) is 6.04 Å². The minimum atomic E-state index is -0.739. The van der Waals surface area contributed by atoms with Crippen molar-refractivity contribution in [3.8, 4) is 6.07 Å². The van der Waals surface area contributed by atoms with Gasteiger partial charge in [-0.15, -0.1) is 0 Å². The number of aliphatic hydroxyl groups is 1. The highest BCUT2D eigenvalue weighted by Gasteiger charge is 2.64. The van der Waals surface area contributed by atoms with Crippen LogP contribution in [0, 0.1) is 34.5 Å². The number of aliphatic hydroxyl groups excluding tert-OH is 1. The summed E-state index contributed by atoms with van der Waals surface area (Å²) in [6.45, 7) is -0.311. The minimum absolute atomic E-state index is 0.0848. The van der Waals surface area contributed by atoms with Gasteiger partial charge in [0.1, 0.15) is 17.7 Å². The molecule has 4 bridgehead atoms. The van der Waals surface area contributed by atoms with Crippen molar-refractivity contribution in [1.82, 2.24) is 10.2 Å². The second-order valence-corrected chi connectivity index (χ2v) is 10.6. The fourth-order valence-corrected chi connectivity index (χ4v) is 7.61. The SMILES string of the molecule is CNC(CO)C(=O)OC12CC3CC(C1)CC(C(N)C(=O)N1C(C#N)CC4CC41)(C3)C2. The summed E-state index contributed by atoms with van der Waals surface area (Å²) in [5.41, 5.74) is 5.74. The Morgan fingerprint density at radius 1 is 1.27 bits per heavy atom. The Kier molecular flexibility index (Phi) is 4.66. The zero-order valence-corrected chi connectivity index (χ0v) is 17.5. The van der Waals surface area contributed by atoms with Gasteiger partial charge in [-0.1, -0.05) is 0 Å². The number of carbonyl (C=O) groups excluding carboxylic acids is 2. The fourth-order valence-electron chi connectivity index (χ4n) is 7.61. The lowest BCUT2D eigenvalue weighted by molar-refractivity contribution is -0.208. The first-order valence-electron chi connectivity index (χ1n) is 11.3. The molecule has 1 heterocycles. The Labute approximate surface area is 177 Å². The third-order valence-electron chi connectivity index (χ3n) is 8.62. The van der Waals surface area contributed by atoms with Crippen molar-refractivity contribution in [3.63, 3.8) is 0 Å². The second kappa shape index (κ2) is 6.91. The molecule has 8 nitrogen and oxygen atoms in total. The Bertz CT molecular complexity index is 776. The molecule has 6 fully saturated rings. The highest BCUT2D eigenvalue weighted by molar-refractivity contribution is 5.84. The van der Waals surface area contributed by atoms with E-state index in [0.717, 1.165) is 44.9 Å². The van der Waals surface area contributed by atoms with Crippen LogP contribution < -0.4 is 11.1 Å². The Balaban J connectivity index is 1.38. The largest absolute Gasteiger partial charge is 0.458 e. The molecule has 6 aliphatic rings. The Morgan fingerprint density at radius 3 is 2.57 bits per heavy atom. The lowest BCUT2D eigenvalue weighted by Crippen LogP contribution is -2.66. The molecule has 7 atom stereocenters. The minimum Gasteiger partial charge on any atom is -0.458 e. The molecule has 7 unspecified atom stereocenters. The molecular formula is C22H32N4O4. The van der Waals surface area contributed by atoms with Crippen molar-refractivity contribution >= 4 is 11.9 Å². The summed E-state index contributed by atoms with van der Waals surface area (Å²) in [5, 5.41) is 21.8. The first kappa shape index (κ1) is 20.2. The summed E-state index contributed by atoms with van der Waals surface area (Å²) >= 11 is 0. The molecule has 1 aliphatic heterocycles. The van der Waals surface area contributed by atoms with Crippen LogP contribution in [0.2, 0.25) is 0 Å². The van der Waals surface area contributed by atoms with Gasteiger partial charge in [0.25, 0.3) is 0 Å². The van der Waals surface area contributed by atoms with E-state index in [-0.39, 0.29) is 30.0 Å². The van der Waals surface area contributed by atoms with Crippen molar-refractivity contribution in [1.29, 1.82) is 5.26 Å². The smallest absolute Gasteiger partial charge is 0.326 e. The molecule has 164 valence electrons. The summed E-state index contributed by atoms with van der Waals surface area (Å²) in [6.07, 6.45) is 6.88. The van der Waals surface area contributed by atoms with Crippen molar-refractivity contribution in [2.45, 2.75) is 81.1 Å². The van der Waals surface area contributed by atoms with Crippen LogP contribution in [0.5, 0.6) is 0 Å². The van der Waals surface area contributed by atoms with Crippen LogP contribution in [0.15, 0.2) is 0 Å². The van der Waals surface area contributed by atoms with Gasteiger partial charge < -0.3 is 25.8 Å². The molecule has 0 radical (unpaired) electrons. The number of esters is 1. The summed E-state index contributed by atoms with van der Waals surface area (Å²) in [7, 11) is 1.63. The number of likely N-dealkylation sites (tertiary alicyclic amines) is 1. The molecule has 0 aromatic heterocycles. The first-order chi connectivity index (χ1) is 14.3. The van der Waals surface area contributed by atoms with Crippen LogP contribution in [-0.4, -0.2) is 65.3 Å². The number of nitrogens with two attached hydrogens (primary N) is 1. The van der Waals surface area contributed by atoms with E-state index >= 15 is 0 Å². The van der Waals surface area contributed by atoms with Crippen LogP contribution in [0.4, 0.5) is 0 Å². The molecule has 30 heavy (non-hydrogen) atoms. The molecular weight excluding hydrogens is 384 g/mol. The maximum Gasteiger partial charge on any atom is 0.326 e. The molecule has 1 saturated heterocycles. The first-order valence-corrected chi connectivity index (χ1v) is 11.3. The third-order valence-corrected chi connectivity index (χ3v) is 8.62. The molecule has 0 spiro atoms. The number of hydrogen-bond donors (Lipinski definition) is 3. The van der Waals surface area contributed by atoms with Gasteiger partial charge >= 0.3 is 5.97 Å². The van der Waals surface area contributed by atoms with E-state index < -0.39 is 23.7 Å². The van der Waals surface area contributed by atoms with Crippen LogP contribution >= 0.6 is 0 Å². The highest BCUT2D eigenvalue weighted by Crippen LogP contribution is 2.64. The Morgan fingerprint density at radius 2 is 1.97 bits per heavy atom. The summed E-state index contributed by atoms with van der Waals surface area (Å²) in [5.74, 6) is 0.755. The van der Waals surface area contributed by atoms with Gasteiger partial charge in [0.05, 0.1) is 18.7 Å². The van der Waals surface area contributed by atoms with Crippen molar-refractivity contribution < 1.29 is 19.4 Å². The van der Waals surface area contributed by atoms with E-state index in [4.69, 9.17) is 10.5 Å². The number of piperidine rings is 1. The number of ether oxygens (including phenoxy) is 1. The van der Waals surface area contributed by atoms with Crippen LogP contribution in [-0.2, 0) is 14.3 Å². The van der Waals surface area contributed by atoms with Gasteiger partial charge in [0.2, 0.25) is 5.91 Å². The van der Waals surface area contributed by atoms with E-state index in [9.17, 15) is 20.0 Å². The van der Waals surface area contributed by atoms with Gasteiger partial charge in [-0.3, -0.25) is 9.59 Å². The summed E-state index contributed by atoms with van der Waals surface area (Å²) < 4.78 is 6.05. The lowest BCUT2D eigenvalue weighted by Gasteiger charge is -2.62. The molecule has 0 aromatic carbocycles. The lowest BCUT2D eigenvalue weighted by atomic mass is 9.46. The van der Waals surface area contributed by atoms with Crippen LogP contribution in [0.3, 0.4) is 0 Å². The maximum atomic E-state index is 13.5. The number of nitriles is 1. The normalized spacial score (nSPS) is 44.9. The summed E-state index contributed by atoms with van der Waals surface area (Å²) in [4.78, 5) is 27.9. The standard InChI is InChI=1S/C22H32N4O4/c1-25-16(10-27)20(29)30-22-7-12-2-13(8-22)6-21(5-12,11-22)18(24)19(28)26-15(9-23)3-14-4-17(14)26/h12-18,25,27H,2-8,10-11,24H2,1H3. The second-order valence-electron chi connectivity index (χ2n) is 10.6. The number of hydrogen-bond acceptors (Lipinski definition) is 7. The topological polar surface area (TPSA) is 129 Å². The predicted molar refractivity (Wildman–Crippen MR) is 107 cm³/mol. The quantitative estimate of drug-likeness (QED) is 0.531. The number of amides is 1. The number of fused-ring (bicyclic) bond motifs is 1. The van der Waals surface area contributed by atoms with Crippen LogP contribution in [0.1, 0.15) is 51.4 Å². The number of carbonyl (C=O) groups is 2. The zero-order valence-electron chi connectivity index (χ0n) is 17.5. The van der Waals surface area contributed by atoms with E-state index in [1.54, 1.807) is 11.9 Å². The van der Waals surface area contributed by atoms with Crippen molar-refractivity contribution in [3.05, 3.63) is 0 Å². The monoisotopic (exact) mass is 416 g/mol. The average Bonchev–Trinajstić information content (AvgIpc) is 3.36. The highest BCUT2D eigenvalue weighted by atomic mass is 16.6. The number of rotatable bonds is 6. The van der Waals surface area contributed by atoms with Gasteiger partial charge in [-0.05, 0) is 81.6 Å². The average molecular weight is 417 g/mol. The molecule has 5 aliphatic carbocycles. The van der Waals surface area contributed by atoms with Gasteiger partial charge in [0.15, 0.2) is 0 Å². The Hall–Kier alpha value is -1.69. The predicted octanol–water partition coefficient (Wildman–Crippen LogP) is 0.289. The van der Waals surface area contributed by atoms with Crippen molar-refractivity contribution in [2.75, 3.05) is 13.7 Å². The molecule has 1 amide bonds.